The van der Waals surface area contributed by atoms with E-state index in [-0.39, 0.29) is 11.8 Å². The highest BCUT2D eigenvalue weighted by molar-refractivity contribution is 5.90. The fourth-order valence-corrected chi connectivity index (χ4v) is 6.06. The van der Waals surface area contributed by atoms with E-state index in [0.29, 0.717) is 25.7 Å². The molecule has 0 aliphatic carbocycles. The number of carbonyl (C=O) groups is 2. The summed E-state index contributed by atoms with van der Waals surface area (Å²) in [6.45, 7) is 5.98. The van der Waals surface area contributed by atoms with Crippen molar-refractivity contribution in [1.29, 1.82) is 0 Å². The number of hydrogen-bond donors (Lipinski definition) is 3. The van der Waals surface area contributed by atoms with Crippen LogP contribution in [0, 0.1) is 6.92 Å². The summed E-state index contributed by atoms with van der Waals surface area (Å²) in [6.07, 6.45) is 9.95. The van der Waals surface area contributed by atoms with Gasteiger partial charge in [0.15, 0.2) is 0 Å². The number of benzene rings is 2. The van der Waals surface area contributed by atoms with Crippen molar-refractivity contribution >= 4 is 22.7 Å². The highest BCUT2D eigenvalue weighted by Crippen LogP contribution is 2.24. The lowest BCUT2D eigenvalue weighted by molar-refractivity contribution is -0.131. The van der Waals surface area contributed by atoms with Gasteiger partial charge in [0.05, 0.1) is 12.7 Å². The van der Waals surface area contributed by atoms with Gasteiger partial charge in [-0.1, -0.05) is 48.9 Å². The maximum atomic E-state index is 13.5. The number of hydrogen-bond acceptors (Lipinski definition) is 4. The molecule has 2 fully saturated rings. The van der Waals surface area contributed by atoms with Crippen LogP contribution in [0.15, 0.2) is 54.7 Å². The van der Waals surface area contributed by atoms with Gasteiger partial charge in [0, 0.05) is 36.6 Å². The molecule has 2 aromatic carbocycles. The van der Waals surface area contributed by atoms with Gasteiger partial charge >= 0.3 is 0 Å². The third-order valence-electron chi connectivity index (χ3n) is 8.20. The molecule has 7 heteroatoms. The molecule has 0 bridgehead atoms. The highest BCUT2D eigenvalue weighted by atomic mass is 16.2. The second kappa shape index (κ2) is 12.6. The molecule has 3 heterocycles. The maximum Gasteiger partial charge on any atom is 0.243 e. The molecule has 0 saturated carbocycles. The fraction of sp³-hybridized carbons (Fsp3) is 0.484. The maximum absolute atomic E-state index is 13.5. The number of amides is 2. The van der Waals surface area contributed by atoms with Gasteiger partial charge < -0.3 is 15.6 Å². The van der Waals surface area contributed by atoms with Gasteiger partial charge in [-0.05, 0) is 74.9 Å². The van der Waals surface area contributed by atoms with Crippen LogP contribution >= 0.6 is 0 Å². The first-order valence-corrected chi connectivity index (χ1v) is 14.2. The van der Waals surface area contributed by atoms with Crippen molar-refractivity contribution in [2.75, 3.05) is 26.2 Å². The molecule has 1 aromatic heterocycles. The number of nitrogens with zero attached hydrogens (tertiary/aromatic N) is 2. The Bertz CT molecular complexity index is 1230. The number of fused-ring (bicyclic) bond motifs is 1. The van der Waals surface area contributed by atoms with Crippen LogP contribution in [0.25, 0.3) is 10.9 Å². The monoisotopic (exact) mass is 515 g/mol. The summed E-state index contributed by atoms with van der Waals surface area (Å²) in [5, 5.41) is 7.28. The van der Waals surface area contributed by atoms with Crippen LogP contribution in [0.2, 0.25) is 0 Å². The van der Waals surface area contributed by atoms with Crippen molar-refractivity contribution in [3.05, 3.63) is 71.4 Å². The smallest absolute Gasteiger partial charge is 0.243 e. The summed E-state index contributed by atoms with van der Waals surface area (Å²) in [6, 6.07) is 15.5. The Morgan fingerprint density at radius 2 is 1.71 bits per heavy atom. The number of carbonyl (C=O) groups excluding carboxylic acids is 2. The highest BCUT2D eigenvalue weighted by Gasteiger charge is 2.31. The van der Waals surface area contributed by atoms with Crippen LogP contribution in [0.5, 0.6) is 0 Å². The van der Waals surface area contributed by atoms with Crippen LogP contribution < -0.4 is 10.6 Å². The molecule has 0 radical (unpaired) electrons. The SMILES string of the molecule is Cc1ccccc1CNC(=O)C(Cc1c[nH]c2ccccc12)NC(=O)CN1CCCCC1N1CCCCC1. The molecule has 38 heavy (non-hydrogen) atoms. The fourth-order valence-electron chi connectivity index (χ4n) is 6.06. The number of rotatable bonds is 9. The first-order valence-electron chi connectivity index (χ1n) is 14.2. The van der Waals surface area contributed by atoms with Gasteiger partial charge in [-0.15, -0.1) is 0 Å². The zero-order valence-electron chi connectivity index (χ0n) is 22.5. The molecule has 2 amide bonds. The third-order valence-corrected chi connectivity index (χ3v) is 8.20. The lowest BCUT2D eigenvalue weighted by atomic mass is 10.0. The molecule has 3 N–H and O–H groups in total. The molecular weight excluding hydrogens is 474 g/mol. The minimum atomic E-state index is -0.649. The molecule has 7 nitrogen and oxygen atoms in total. The largest absolute Gasteiger partial charge is 0.361 e. The van der Waals surface area contributed by atoms with Crippen molar-refractivity contribution < 1.29 is 9.59 Å². The van der Waals surface area contributed by atoms with Crippen molar-refractivity contribution in [2.45, 2.75) is 70.6 Å². The minimum Gasteiger partial charge on any atom is -0.361 e. The van der Waals surface area contributed by atoms with Gasteiger partial charge in [-0.3, -0.25) is 19.4 Å². The predicted molar refractivity (Wildman–Crippen MR) is 152 cm³/mol. The number of para-hydroxylation sites is 1. The second-order valence-corrected chi connectivity index (χ2v) is 10.9. The van der Waals surface area contributed by atoms with Gasteiger partial charge in [0.1, 0.15) is 6.04 Å². The van der Waals surface area contributed by atoms with Crippen molar-refractivity contribution in [3.63, 3.8) is 0 Å². The molecule has 202 valence electrons. The lowest BCUT2D eigenvalue weighted by Gasteiger charge is -2.44. The third kappa shape index (κ3) is 6.45. The number of H-pyrrole nitrogens is 1. The molecule has 2 aliphatic heterocycles. The number of likely N-dealkylation sites (tertiary alicyclic amines) is 2. The van der Waals surface area contributed by atoms with E-state index >= 15 is 0 Å². The average molecular weight is 516 g/mol. The number of nitrogens with one attached hydrogen (secondary N) is 3. The van der Waals surface area contributed by atoms with E-state index in [4.69, 9.17) is 0 Å². The summed E-state index contributed by atoms with van der Waals surface area (Å²) >= 11 is 0. The summed E-state index contributed by atoms with van der Waals surface area (Å²) in [7, 11) is 0. The van der Waals surface area contributed by atoms with Crippen LogP contribution in [0.4, 0.5) is 0 Å². The summed E-state index contributed by atoms with van der Waals surface area (Å²) in [4.78, 5) is 35.1. The molecule has 5 rings (SSSR count). The Morgan fingerprint density at radius 3 is 2.55 bits per heavy atom. The van der Waals surface area contributed by atoms with Crippen LogP contribution in [-0.4, -0.2) is 65.0 Å². The van der Waals surface area contributed by atoms with Gasteiger partial charge in [-0.25, -0.2) is 0 Å². The normalized spacial score (nSPS) is 19.8. The minimum absolute atomic E-state index is 0.0789. The summed E-state index contributed by atoms with van der Waals surface area (Å²) in [5.74, 6) is -0.233. The summed E-state index contributed by atoms with van der Waals surface area (Å²) < 4.78 is 0. The Morgan fingerprint density at radius 1 is 0.947 bits per heavy atom. The molecular formula is C31H41N5O2. The van der Waals surface area contributed by atoms with Crippen molar-refractivity contribution in [2.24, 2.45) is 0 Å². The standard InChI is InChI=1S/C31H41N5O2/c1-23-11-3-4-12-24(23)20-33-31(38)28(19-25-21-32-27-14-6-5-13-26(25)27)34-29(37)22-36-18-10-7-15-30(36)35-16-8-2-9-17-35/h3-6,11-14,21,28,30,32H,2,7-10,15-20,22H2,1H3,(H,33,38)(H,34,37). The Balaban J connectivity index is 1.28. The Labute approximate surface area is 226 Å². The number of aromatic nitrogens is 1. The number of piperidine rings is 2. The van der Waals surface area contributed by atoms with Crippen LogP contribution in [0.3, 0.4) is 0 Å². The van der Waals surface area contributed by atoms with E-state index in [1.54, 1.807) is 0 Å². The van der Waals surface area contributed by atoms with Crippen molar-refractivity contribution in [1.82, 2.24) is 25.4 Å². The van der Waals surface area contributed by atoms with E-state index in [0.717, 1.165) is 60.1 Å². The first-order chi connectivity index (χ1) is 18.6. The van der Waals surface area contributed by atoms with Gasteiger partial charge in [0.2, 0.25) is 11.8 Å². The van der Waals surface area contributed by atoms with Crippen LogP contribution in [-0.2, 0) is 22.6 Å². The predicted octanol–water partition coefficient (Wildman–Crippen LogP) is 4.12. The lowest BCUT2D eigenvalue weighted by Crippen LogP contribution is -2.56. The molecule has 3 aromatic rings. The quantitative estimate of drug-likeness (QED) is 0.401. The van der Waals surface area contributed by atoms with E-state index in [9.17, 15) is 9.59 Å². The molecule has 0 spiro atoms. The van der Waals surface area contributed by atoms with Crippen LogP contribution in [0.1, 0.15) is 55.2 Å². The van der Waals surface area contributed by atoms with E-state index in [1.165, 1.54) is 25.7 Å². The molecule has 2 unspecified atom stereocenters. The average Bonchev–Trinajstić information content (AvgIpc) is 3.35. The second-order valence-electron chi connectivity index (χ2n) is 10.9. The van der Waals surface area contributed by atoms with E-state index < -0.39 is 6.04 Å². The van der Waals surface area contributed by atoms with Gasteiger partial charge in [0.25, 0.3) is 0 Å². The molecule has 2 saturated heterocycles. The topological polar surface area (TPSA) is 80.5 Å². The number of aryl methyl sites for hydroxylation is 1. The first kappa shape index (κ1) is 26.4. The molecule has 2 atom stereocenters. The summed E-state index contributed by atoms with van der Waals surface area (Å²) in [5.41, 5.74) is 4.28. The zero-order chi connectivity index (χ0) is 26.3. The number of aromatic amines is 1. The molecule has 2 aliphatic rings. The Kier molecular flexibility index (Phi) is 8.76. The van der Waals surface area contributed by atoms with E-state index in [2.05, 4.69) is 31.5 Å². The Hall–Kier alpha value is -3.16. The van der Waals surface area contributed by atoms with Gasteiger partial charge in [-0.2, -0.15) is 0 Å². The van der Waals surface area contributed by atoms with Crippen molar-refractivity contribution in [3.8, 4) is 0 Å². The van der Waals surface area contributed by atoms with E-state index in [1.807, 2.05) is 55.6 Å². The zero-order valence-corrected chi connectivity index (χ0v) is 22.5.